The van der Waals surface area contributed by atoms with Gasteiger partial charge in [0, 0.05) is 32.0 Å². The fraction of sp³-hybridized carbons (Fsp3) is 0.438. The summed E-state index contributed by atoms with van der Waals surface area (Å²) < 4.78 is 5.16. The van der Waals surface area contributed by atoms with Gasteiger partial charge in [-0.3, -0.25) is 0 Å². The first-order chi connectivity index (χ1) is 9.54. The summed E-state index contributed by atoms with van der Waals surface area (Å²) in [5.41, 5.74) is 1.95. The number of nitrogens with zero attached hydrogens (tertiary/aromatic N) is 1. The van der Waals surface area contributed by atoms with Gasteiger partial charge in [0.2, 0.25) is 0 Å². The van der Waals surface area contributed by atoms with Crippen LogP contribution in [0.2, 0.25) is 0 Å². The van der Waals surface area contributed by atoms with Gasteiger partial charge in [-0.1, -0.05) is 32.0 Å². The monoisotopic (exact) mass is 277 g/mol. The summed E-state index contributed by atoms with van der Waals surface area (Å²) in [5.74, 6) is -0.421. The lowest BCUT2D eigenvalue weighted by atomic mass is 10.1. The average Bonchev–Trinajstić information content (AvgIpc) is 2.41. The summed E-state index contributed by atoms with van der Waals surface area (Å²) in [7, 11) is 1.68. The van der Waals surface area contributed by atoms with Gasteiger partial charge in [0.05, 0.1) is 6.61 Å². The number of ether oxygens (including phenoxy) is 1. The van der Waals surface area contributed by atoms with Gasteiger partial charge in [0.1, 0.15) is 0 Å². The molecule has 1 aromatic carbocycles. The molecule has 0 heterocycles. The molecular weight excluding hydrogens is 254 g/mol. The van der Waals surface area contributed by atoms with Gasteiger partial charge in [-0.25, -0.2) is 4.79 Å². The highest BCUT2D eigenvalue weighted by Crippen LogP contribution is 2.22. The van der Waals surface area contributed by atoms with Crippen molar-refractivity contribution < 1.29 is 14.6 Å². The highest BCUT2D eigenvalue weighted by Gasteiger charge is 2.11. The Morgan fingerprint density at radius 3 is 2.70 bits per heavy atom. The van der Waals surface area contributed by atoms with Crippen LogP contribution >= 0.6 is 0 Å². The lowest BCUT2D eigenvalue weighted by Gasteiger charge is -2.28. The number of benzene rings is 1. The number of carboxylic acid groups (broad SMARTS) is 1. The summed E-state index contributed by atoms with van der Waals surface area (Å²) in [4.78, 5) is 12.9. The van der Waals surface area contributed by atoms with Crippen molar-refractivity contribution in [2.24, 2.45) is 5.92 Å². The molecule has 0 aliphatic carbocycles. The molecule has 0 amide bonds. The van der Waals surface area contributed by atoms with Crippen molar-refractivity contribution in [1.82, 2.24) is 0 Å². The second-order valence-corrected chi connectivity index (χ2v) is 5.06. The van der Waals surface area contributed by atoms with E-state index in [2.05, 4.69) is 18.7 Å². The van der Waals surface area contributed by atoms with E-state index in [1.165, 1.54) is 6.08 Å². The number of hydrogen-bond acceptors (Lipinski definition) is 3. The fourth-order valence-corrected chi connectivity index (χ4v) is 2.03. The van der Waals surface area contributed by atoms with E-state index in [-0.39, 0.29) is 0 Å². The van der Waals surface area contributed by atoms with Crippen LogP contribution in [-0.2, 0) is 9.53 Å². The largest absolute Gasteiger partial charge is 0.478 e. The average molecular weight is 277 g/mol. The molecule has 0 unspecified atom stereocenters. The molecule has 0 atom stereocenters. The van der Waals surface area contributed by atoms with Crippen molar-refractivity contribution in [2.45, 2.75) is 13.8 Å². The fourth-order valence-electron chi connectivity index (χ4n) is 2.03. The highest BCUT2D eigenvalue weighted by molar-refractivity contribution is 5.87. The van der Waals surface area contributed by atoms with Crippen LogP contribution in [0.1, 0.15) is 19.4 Å². The molecule has 20 heavy (non-hydrogen) atoms. The van der Waals surface area contributed by atoms with Crippen molar-refractivity contribution in [3.63, 3.8) is 0 Å². The van der Waals surface area contributed by atoms with Gasteiger partial charge in [-0.05, 0) is 23.6 Å². The van der Waals surface area contributed by atoms with Gasteiger partial charge in [0.25, 0.3) is 0 Å². The number of hydrogen-bond donors (Lipinski definition) is 1. The quantitative estimate of drug-likeness (QED) is 0.742. The molecule has 1 rings (SSSR count). The van der Waals surface area contributed by atoms with Crippen LogP contribution in [-0.4, -0.2) is 37.9 Å². The molecule has 0 saturated carbocycles. The van der Waals surface area contributed by atoms with Crippen molar-refractivity contribution in [3.8, 4) is 0 Å². The van der Waals surface area contributed by atoms with Gasteiger partial charge in [0.15, 0.2) is 0 Å². The van der Waals surface area contributed by atoms with E-state index in [0.717, 1.165) is 24.3 Å². The van der Waals surface area contributed by atoms with Crippen molar-refractivity contribution >= 4 is 17.7 Å². The molecule has 0 saturated heterocycles. The molecule has 4 nitrogen and oxygen atoms in total. The zero-order valence-corrected chi connectivity index (χ0v) is 12.4. The number of para-hydroxylation sites is 1. The van der Waals surface area contributed by atoms with Crippen LogP contribution in [0, 0.1) is 5.92 Å². The minimum atomic E-state index is -0.938. The molecule has 0 aromatic heterocycles. The normalized spacial score (nSPS) is 11.2. The van der Waals surface area contributed by atoms with Gasteiger partial charge in [-0.15, -0.1) is 0 Å². The van der Waals surface area contributed by atoms with Crippen molar-refractivity contribution in [2.75, 3.05) is 31.7 Å². The maximum absolute atomic E-state index is 10.7. The maximum Gasteiger partial charge on any atom is 0.328 e. The van der Waals surface area contributed by atoms with E-state index in [1.54, 1.807) is 13.2 Å². The van der Waals surface area contributed by atoms with Crippen LogP contribution in [0.4, 0.5) is 5.69 Å². The Balaban J connectivity index is 3.01. The van der Waals surface area contributed by atoms with E-state index < -0.39 is 5.97 Å². The van der Waals surface area contributed by atoms with Crippen LogP contribution in [0.15, 0.2) is 30.3 Å². The van der Waals surface area contributed by atoms with E-state index in [9.17, 15) is 4.79 Å². The number of carbonyl (C=O) groups is 1. The van der Waals surface area contributed by atoms with E-state index in [0.29, 0.717) is 12.5 Å². The molecule has 1 N–H and O–H groups in total. The van der Waals surface area contributed by atoms with E-state index >= 15 is 0 Å². The third-order valence-corrected chi connectivity index (χ3v) is 2.83. The minimum absolute atomic E-state index is 0.517. The standard InChI is InChI=1S/C16H23NO3/c1-13(2)12-17(10-11-20-3)15-7-5-4-6-14(15)8-9-16(18)19/h4-9,13H,10-12H2,1-3H3,(H,18,19). The number of aliphatic carboxylic acids is 1. The second-order valence-electron chi connectivity index (χ2n) is 5.06. The Bertz CT molecular complexity index is 455. The van der Waals surface area contributed by atoms with E-state index in [4.69, 9.17) is 9.84 Å². The lowest BCUT2D eigenvalue weighted by molar-refractivity contribution is -0.131. The molecule has 0 bridgehead atoms. The maximum atomic E-state index is 10.7. The first-order valence-electron chi connectivity index (χ1n) is 6.78. The Kier molecular flexibility index (Phi) is 6.81. The van der Waals surface area contributed by atoms with Crippen LogP contribution < -0.4 is 4.90 Å². The Morgan fingerprint density at radius 2 is 2.10 bits per heavy atom. The molecule has 4 heteroatoms. The first-order valence-corrected chi connectivity index (χ1v) is 6.78. The zero-order valence-electron chi connectivity index (χ0n) is 12.4. The number of anilines is 1. The Hall–Kier alpha value is -1.81. The summed E-state index contributed by atoms with van der Waals surface area (Å²) in [5, 5.41) is 8.77. The molecule has 1 aromatic rings. The first kappa shape index (κ1) is 16.2. The van der Waals surface area contributed by atoms with Crippen LogP contribution in [0.5, 0.6) is 0 Å². The molecule has 0 fully saturated rings. The van der Waals surface area contributed by atoms with E-state index in [1.807, 2.05) is 24.3 Å². The third kappa shape index (κ3) is 5.45. The number of rotatable bonds is 8. The van der Waals surface area contributed by atoms with Gasteiger partial charge >= 0.3 is 5.97 Å². The second kappa shape index (κ2) is 8.38. The molecule has 0 radical (unpaired) electrons. The van der Waals surface area contributed by atoms with Crippen LogP contribution in [0.3, 0.4) is 0 Å². The third-order valence-electron chi connectivity index (χ3n) is 2.83. The molecular formula is C16H23NO3. The molecule has 0 aliphatic heterocycles. The summed E-state index contributed by atoms with van der Waals surface area (Å²) in [6.45, 7) is 6.66. The van der Waals surface area contributed by atoms with Gasteiger partial charge in [-0.2, -0.15) is 0 Å². The smallest absolute Gasteiger partial charge is 0.328 e. The summed E-state index contributed by atoms with van der Waals surface area (Å²) in [6, 6.07) is 7.82. The summed E-state index contributed by atoms with van der Waals surface area (Å²) in [6.07, 6.45) is 2.81. The predicted molar refractivity (Wildman–Crippen MR) is 82.0 cm³/mol. The van der Waals surface area contributed by atoms with Crippen molar-refractivity contribution in [1.29, 1.82) is 0 Å². The summed E-state index contributed by atoms with van der Waals surface area (Å²) >= 11 is 0. The minimum Gasteiger partial charge on any atom is -0.478 e. The Labute approximate surface area is 120 Å². The number of carboxylic acids is 1. The SMILES string of the molecule is COCCN(CC(C)C)c1ccccc1C=CC(=O)O. The van der Waals surface area contributed by atoms with Crippen molar-refractivity contribution in [3.05, 3.63) is 35.9 Å². The molecule has 110 valence electrons. The number of methoxy groups -OCH3 is 1. The van der Waals surface area contributed by atoms with Crippen LogP contribution in [0.25, 0.3) is 6.08 Å². The zero-order chi connectivity index (χ0) is 15.0. The molecule has 0 spiro atoms. The highest BCUT2D eigenvalue weighted by atomic mass is 16.5. The lowest BCUT2D eigenvalue weighted by Crippen LogP contribution is -2.31. The topological polar surface area (TPSA) is 49.8 Å². The predicted octanol–water partition coefficient (Wildman–Crippen LogP) is 2.89. The van der Waals surface area contributed by atoms with Gasteiger partial charge < -0.3 is 14.7 Å². The Morgan fingerprint density at radius 1 is 1.40 bits per heavy atom. The molecule has 0 aliphatic rings.